The molecule has 8 heteroatoms. The first-order valence-electron chi connectivity index (χ1n) is 12.1. The molecular formula is C25H39N3O4S. The van der Waals surface area contributed by atoms with Crippen LogP contribution in [0.5, 0.6) is 0 Å². The van der Waals surface area contributed by atoms with E-state index in [1.54, 1.807) is 40.8 Å². The Morgan fingerprint density at radius 1 is 1.30 bits per heavy atom. The number of likely N-dealkylation sites (N-methyl/N-ethyl adjacent to an activating group) is 1. The van der Waals surface area contributed by atoms with Crippen LogP contribution in [0.3, 0.4) is 0 Å². The third-order valence-corrected chi connectivity index (χ3v) is 9.45. The Morgan fingerprint density at radius 2 is 2.00 bits per heavy atom. The highest BCUT2D eigenvalue weighted by molar-refractivity contribution is 8.02. The van der Waals surface area contributed by atoms with Crippen LogP contribution < -0.4 is 0 Å². The first-order chi connectivity index (χ1) is 15.8. The van der Waals surface area contributed by atoms with Crippen molar-refractivity contribution in [2.45, 2.75) is 68.0 Å². The molecule has 6 atom stereocenters. The number of carbonyl (C=O) groups is 3. The Bertz CT molecular complexity index is 790. The molecule has 3 unspecified atom stereocenters. The summed E-state index contributed by atoms with van der Waals surface area (Å²) in [6.45, 7) is 12.9. The minimum absolute atomic E-state index is 0.0329. The molecule has 33 heavy (non-hydrogen) atoms. The largest absolute Gasteiger partial charge is 0.396 e. The number of hydrogen-bond acceptors (Lipinski definition) is 5. The number of thioether (sulfide) groups is 1. The Kier molecular flexibility index (Phi) is 8.32. The van der Waals surface area contributed by atoms with Crippen molar-refractivity contribution < 1.29 is 19.5 Å². The third-order valence-electron chi connectivity index (χ3n) is 7.50. The zero-order chi connectivity index (χ0) is 24.3. The molecule has 0 aromatic rings. The lowest BCUT2D eigenvalue weighted by atomic mass is 9.70. The van der Waals surface area contributed by atoms with Gasteiger partial charge in [-0.15, -0.1) is 24.9 Å². The highest BCUT2D eigenvalue weighted by Crippen LogP contribution is 2.66. The van der Waals surface area contributed by atoms with Gasteiger partial charge in [0.15, 0.2) is 0 Å². The van der Waals surface area contributed by atoms with E-state index in [1.807, 2.05) is 11.8 Å². The Labute approximate surface area is 202 Å². The average molecular weight is 478 g/mol. The van der Waals surface area contributed by atoms with Gasteiger partial charge in [0.1, 0.15) is 6.04 Å². The molecule has 2 bridgehead atoms. The van der Waals surface area contributed by atoms with Gasteiger partial charge in [-0.25, -0.2) is 0 Å². The first kappa shape index (κ1) is 25.8. The first-order valence-corrected chi connectivity index (χ1v) is 13.0. The van der Waals surface area contributed by atoms with Crippen molar-refractivity contribution in [3.05, 3.63) is 25.3 Å². The summed E-state index contributed by atoms with van der Waals surface area (Å²) < 4.78 is -0.588. The zero-order valence-corrected chi connectivity index (χ0v) is 21.1. The molecule has 0 saturated carbocycles. The molecule has 3 aliphatic heterocycles. The van der Waals surface area contributed by atoms with Crippen LogP contribution in [0.25, 0.3) is 0 Å². The summed E-state index contributed by atoms with van der Waals surface area (Å²) in [6.07, 6.45) is 7.25. The molecule has 3 heterocycles. The summed E-state index contributed by atoms with van der Waals surface area (Å²) in [5, 5.41) is 9.52. The third kappa shape index (κ3) is 4.36. The van der Waals surface area contributed by atoms with E-state index >= 15 is 0 Å². The van der Waals surface area contributed by atoms with Crippen LogP contribution in [0, 0.1) is 11.8 Å². The fourth-order valence-corrected chi connectivity index (χ4v) is 8.30. The van der Waals surface area contributed by atoms with E-state index in [1.165, 1.54) is 0 Å². The van der Waals surface area contributed by atoms with Crippen molar-refractivity contribution in [1.82, 2.24) is 14.7 Å². The predicted molar refractivity (Wildman–Crippen MR) is 132 cm³/mol. The second-order valence-electron chi connectivity index (χ2n) is 9.59. The van der Waals surface area contributed by atoms with Gasteiger partial charge in [-0.3, -0.25) is 14.4 Å². The fraction of sp³-hybridized carbons (Fsp3) is 0.720. The molecule has 3 fully saturated rings. The fourth-order valence-electron chi connectivity index (χ4n) is 6.09. The number of hydrogen-bond donors (Lipinski definition) is 1. The van der Waals surface area contributed by atoms with Gasteiger partial charge in [0, 0.05) is 44.6 Å². The zero-order valence-electron chi connectivity index (χ0n) is 20.2. The van der Waals surface area contributed by atoms with E-state index < -0.39 is 22.6 Å². The lowest BCUT2D eigenvalue weighted by Gasteiger charge is -2.39. The normalized spacial score (nSPS) is 30.8. The molecule has 0 radical (unpaired) electrons. The minimum Gasteiger partial charge on any atom is -0.396 e. The lowest BCUT2D eigenvalue weighted by Crippen LogP contribution is -2.56. The summed E-state index contributed by atoms with van der Waals surface area (Å²) >= 11 is 1.69. The summed E-state index contributed by atoms with van der Waals surface area (Å²) in [6, 6.07) is -0.580. The molecule has 1 N–H and O–H groups in total. The number of nitrogens with zero attached hydrogens (tertiary/aromatic N) is 3. The smallest absolute Gasteiger partial charge is 0.247 e. The van der Waals surface area contributed by atoms with E-state index in [-0.39, 0.29) is 35.6 Å². The average Bonchev–Trinajstić information content (AvgIpc) is 3.42. The molecule has 1 spiro atoms. The molecule has 3 aliphatic rings. The van der Waals surface area contributed by atoms with Crippen LogP contribution >= 0.6 is 11.8 Å². The van der Waals surface area contributed by atoms with Crippen LogP contribution in [0.4, 0.5) is 0 Å². The summed E-state index contributed by atoms with van der Waals surface area (Å²) in [7, 11) is 1.75. The number of aliphatic hydroxyl groups is 1. The van der Waals surface area contributed by atoms with E-state index in [4.69, 9.17) is 0 Å². The quantitative estimate of drug-likeness (QED) is 0.436. The van der Waals surface area contributed by atoms with Gasteiger partial charge in [-0.2, -0.15) is 0 Å². The van der Waals surface area contributed by atoms with Gasteiger partial charge >= 0.3 is 0 Å². The van der Waals surface area contributed by atoms with Crippen molar-refractivity contribution >= 4 is 29.5 Å². The van der Waals surface area contributed by atoms with Gasteiger partial charge in [-0.1, -0.05) is 25.5 Å². The Hall–Kier alpha value is -1.80. The maximum atomic E-state index is 14.1. The lowest BCUT2D eigenvalue weighted by molar-refractivity contribution is -0.145. The molecule has 0 aromatic heterocycles. The topological polar surface area (TPSA) is 81.2 Å². The Morgan fingerprint density at radius 3 is 2.61 bits per heavy atom. The molecule has 184 valence electrons. The van der Waals surface area contributed by atoms with Crippen LogP contribution in [0.2, 0.25) is 0 Å². The van der Waals surface area contributed by atoms with E-state index in [2.05, 4.69) is 20.1 Å². The highest BCUT2D eigenvalue weighted by atomic mass is 32.2. The van der Waals surface area contributed by atoms with E-state index in [9.17, 15) is 19.5 Å². The number of likely N-dealkylation sites (tertiary alicyclic amines) is 1. The highest BCUT2D eigenvalue weighted by Gasteiger charge is 2.73. The SMILES string of the molecule is C=CCN(C)C(=O)[C@@H]1[C@@H]2CCC3(S2)C(C(=O)N(CC=C)C(C)CCC)N(CCCO)C(=O)[C@H]13. The number of carbonyl (C=O) groups excluding carboxylic acids is 3. The monoisotopic (exact) mass is 477 g/mol. The maximum Gasteiger partial charge on any atom is 0.247 e. The molecule has 3 rings (SSSR count). The van der Waals surface area contributed by atoms with E-state index in [0.717, 1.165) is 25.7 Å². The van der Waals surface area contributed by atoms with Crippen molar-refractivity contribution in [3.63, 3.8) is 0 Å². The number of aliphatic hydroxyl groups excluding tert-OH is 1. The van der Waals surface area contributed by atoms with Crippen LogP contribution in [-0.2, 0) is 14.4 Å². The minimum atomic E-state index is -0.613. The number of fused-ring (bicyclic) bond motifs is 1. The molecule has 3 amide bonds. The number of amides is 3. The van der Waals surface area contributed by atoms with Gasteiger partial charge in [0.2, 0.25) is 17.7 Å². The predicted octanol–water partition coefficient (Wildman–Crippen LogP) is 2.31. The summed E-state index contributed by atoms with van der Waals surface area (Å²) in [5.74, 6) is -1.11. The van der Waals surface area contributed by atoms with Gasteiger partial charge < -0.3 is 19.8 Å². The van der Waals surface area contributed by atoms with Crippen molar-refractivity contribution in [2.75, 3.05) is 33.3 Å². The van der Waals surface area contributed by atoms with Crippen LogP contribution in [0.15, 0.2) is 25.3 Å². The van der Waals surface area contributed by atoms with Gasteiger partial charge in [0.25, 0.3) is 0 Å². The van der Waals surface area contributed by atoms with E-state index in [0.29, 0.717) is 26.1 Å². The van der Waals surface area contributed by atoms with Crippen LogP contribution in [0.1, 0.15) is 46.0 Å². The summed E-state index contributed by atoms with van der Waals surface area (Å²) in [4.78, 5) is 46.5. The maximum absolute atomic E-state index is 14.1. The van der Waals surface area contributed by atoms with Gasteiger partial charge in [-0.05, 0) is 32.6 Å². The van der Waals surface area contributed by atoms with Crippen molar-refractivity contribution in [1.29, 1.82) is 0 Å². The molecule has 7 nitrogen and oxygen atoms in total. The van der Waals surface area contributed by atoms with Gasteiger partial charge in [0.05, 0.1) is 16.6 Å². The molecule has 3 saturated heterocycles. The van der Waals surface area contributed by atoms with Crippen LogP contribution in [-0.4, -0.2) is 92.9 Å². The second-order valence-corrected chi connectivity index (χ2v) is 11.2. The Balaban J connectivity index is 2.01. The summed E-state index contributed by atoms with van der Waals surface area (Å²) in [5.41, 5.74) is 0. The van der Waals surface area contributed by atoms with Crippen molar-refractivity contribution in [2.24, 2.45) is 11.8 Å². The standard InChI is InChI=1S/C25H39N3O4S/c1-6-10-17(4)27(14-8-3)24(32)21-25-12-11-18(33-25)19(22(30)26(5)13-7-2)20(25)23(31)28(21)15-9-16-29/h7-8,17-21,29H,2-3,6,9-16H2,1,4-5H3/t17?,18-,19+,20-,21?,25?/m0/s1. The molecule has 0 aliphatic carbocycles. The number of rotatable bonds is 12. The second kappa shape index (κ2) is 10.6. The molecule has 0 aromatic carbocycles. The molecular weight excluding hydrogens is 438 g/mol. The van der Waals surface area contributed by atoms with Crippen molar-refractivity contribution in [3.8, 4) is 0 Å².